The van der Waals surface area contributed by atoms with Crippen LogP contribution in [0.5, 0.6) is 0 Å². The Bertz CT molecular complexity index is 798. The number of hydrogen-bond donors (Lipinski definition) is 3. The second-order valence-corrected chi connectivity index (χ2v) is 6.41. The van der Waals surface area contributed by atoms with Crippen molar-refractivity contribution >= 4 is 45.4 Å². The molecule has 0 atom stereocenters. The zero-order valence-corrected chi connectivity index (χ0v) is 13.1. The summed E-state index contributed by atoms with van der Waals surface area (Å²) in [5.74, 6) is -0.353. The molecule has 21 heavy (non-hydrogen) atoms. The summed E-state index contributed by atoms with van der Waals surface area (Å²) < 4.78 is 23.9. The Balaban J connectivity index is 0.00000220. The summed E-state index contributed by atoms with van der Waals surface area (Å²) >= 11 is 1.21. The molecule has 0 unspecified atom stereocenters. The zero-order valence-electron chi connectivity index (χ0n) is 10.6. The largest absolute Gasteiger partial charge is 0.324 e. The number of amides is 1. The van der Waals surface area contributed by atoms with E-state index >= 15 is 0 Å². The number of benzene rings is 1. The molecule has 1 aromatic carbocycles. The van der Waals surface area contributed by atoms with Crippen molar-refractivity contribution in [1.82, 2.24) is 4.57 Å². The SMILES string of the molecule is Cl.N=c1sccn1CC(=O)Nc1cccc(S(N)(=O)=O)c1. The standard InChI is InChI=1S/C11H12N4O3S2.ClH/c12-11-15(4-5-19-11)7-10(16)14-8-2-1-3-9(6-8)20(13,17)18;/h1-6,12H,7H2,(H,14,16)(H2,13,17,18);1H. The number of primary sulfonamides is 1. The van der Waals surface area contributed by atoms with E-state index in [0.29, 0.717) is 5.69 Å². The molecule has 2 rings (SSSR count). The lowest BCUT2D eigenvalue weighted by molar-refractivity contribution is -0.116. The van der Waals surface area contributed by atoms with Gasteiger partial charge in [0.25, 0.3) is 0 Å². The number of halogens is 1. The Hall–Kier alpha value is -1.68. The van der Waals surface area contributed by atoms with E-state index < -0.39 is 10.0 Å². The number of rotatable bonds is 4. The van der Waals surface area contributed by atoms with Crippen LogP contribution in [0.4, 0.5) is 5.69 Å². The fraction of sp³-hybridized carbons (Fsp3) is 0.0909. The van der Waals surface area contributed by atoms with Crippen LogP contribution in [-0.4, -0.2) is 18.9 Å². The second kappa shape index (κ2) is 6.85. The van der Waals surface area contributed by atoms with Crippen LogP contribution in [0.15, 0.2) is 40.7 Å². The molecule has 1 amide bonds. The van der Waals surface area contributed by atoms with Crippen molar-refractivity contribution in [2.24, 2.45) is 5.14 Å². The second-order valence-electron chi connectivity index (χ2n) is 3.96. The van der Waals surface area contributed by atoms with E-state index in [1.165, 1.54) is 34.1 Å². The zero-order chi connectivity index (χ0) is 14.8. The van der Waals surface area contributed by atoms with E-state index in [2.05, 4.69) is 5.32 Å². The molecule has 1 heterocycles. The molecule has 4 N–H and O–H groups in total. The third-order valence-electron chi connectivity index (χ3n) is 2.44. The maximum absolute atomic E-state index is 11.8. The fourth-order valence-corrected chi connectivity index (χ4v) is 2.69. The smallest absolute Gasteiger partial charge is 0.244 e. The van der Waals surface area contributed by atoms with Crippen molar-refractivity contribution in [2.75, 3.05) is 5.32 Å². The van der Waals surface area contributed by atoms with Crippen LogP contribution >= 0.6 is 23.7 Å². The Labute approximate surface area is 131 Å². The van der Waals surface area contributed by atoms with Crippen LogP contribution in [-0.2, 0) is 21.4 Å². The molecule has 0 saturated heterocycles. The van der Waals surface area contributed by atoms with Gasteiger partial charge in [-0.05, 0) is 18.2 Å². The number of thiazole rings is 1. The molecule has 0 bridgehead atoms. The normalized spacial score (nSPS) is 10.7. The molecule has 114 valence electrons. The van der Waals surface area contributed by atoms with Crippen LogP contribution in [0.2, 0.25) is 0 Å². The molecule has 0 aliphatic rings. The van der Waals surface area contributed by atoms with E-state index in [-0.39, 0.29) is 34.6 Å². The third kappa shape index (κ3) is 4.67. The average molecular weight is 349 g/mol. The Kier molecular flexibility index (Phi) is 5.67. The highest BCUT2D eigenvalue weighted by atomic mass is 35.5. The first-order chi connectivity index (χ1) is 9.36. The number of sulfonamides is 1. The molecule has 0 aliphatic carbocycles. The number of nitrogens with two attached hydrogens (primary N) is 1. The lowest BCUT2D eigenvalue weighted by Crippen LogP contribution is -2.24. The Morgan fingerprint density at radius 1 is 1.43 bits per heavy atom. The van der Waals surface area contributed by atoms with Gasteiger partial charge in [-0.1, -0.05) is 6.07 Å². The summed E-state index contributed by atoms with van der Waals surface area (Å²) in [5.41, 5.74) is 0.337. The molecule has 0 saturated carbocycles. The van der Waals surface area contributed by atoms with Gasteiger partial charge in [0.2, 0.25) is 15.9 Å². The summed E-state index contributed by atoms with van der Waals surface area (Å²) in [6.07, 6.45) is 1.63. The van der Waals surface area contributed by atoms with Crippen molar-refractivity contribution in [3.05, 3.63) is 40.6 Å². The van der Waals surface area contributed by atoms with Crippen LogP contribution in [0.3, 0.4) is 0 Å². The van der Waals surface area contributed by atoms with Gasteiger partial charge >= 0.3 is 0 Å². The quantitative estimate of drug-likeness (QED) is 0.756. The van der Waals surface area contributed by atoms with Gasteiger partial charge in [0.05, 0.1) is 4.90 Å². The maximum Gasteiger partial charge on any atom is 0.244 e. The first-order valence-corrected chi connectivity index (χ1v) is 7.90. The van der Waals surface area contributed by atoms with Gasteiger partial charge in [0, 0.05) is 17.3 Å². The van der Waals surface area contributed by atoms with Crippen molar-refractivity contribution in [3.8, 4) is 0 Å². The molecule has 0 aliphatic heterocycles. The van der Waals surface area contributed by atoms with Gasteiger partial charge in [-0.3, -0.25) is 10.2 Å². The van der Waals surface area contributed by atoms with E-state index in [1.807, 2.05) is 0 Å². The highest BCUT2D eigenvalue weighted by Crippen LogP contribution is 2.14. The minimum atomic E-state index is -3.80. The predicted octanol–water partition coefficient (Wildman–Crippen LogP) is 0.737. The lowest BCUT2D eigenvalue weighted by atomic mass is 10.3. The minimum Gasteiger partial charge on any atom is -0.324 e. The van der Waals surface area contributed by atoms with E-state index in [1.54, 1.807) is 17.6 Å². The number of nitrogens with zero attached hydrogens (tertiary/aromatic N) is 1. The van der Waals surface area contributed by atoms with Crippen LogP contribution < -0.4 is 15.3 Å². The molecule has 0 spiro atoms. The Morgan fingerprint density at radius 2 is 2.14 bits per heavy atom. The summed E-state index contributed by atoms with van der Waals surface area (Å²) in [6, 6.07) is 5.68. The van der Waals surface area contributed by atoms with E-state index in [9.17, 15) is 13.2 Å². The van der Waals surface area contributed by atoms with Crippen LogP contribution in [0.25, 0.3) is 0 Å². The monoisotopic (exact) mass is 348 g/mol. The number of aromatic nitrogens is 1. The van der Waals surface area contributed by atoms with Crippen LogP contribution in [0, 0.1) is 5.41 Å². The van der Waals surface area contributed by atoms with E-state index in [0.717, 1.165) is 0 Å². The molecule has 0 radical (unpaired) electrons. The average Bonchev–Trinajstić information content (AvgIpc) is 2.74. The fourth-order valence-electron chi connectivity index (χ4n) is 1.53. The molecule has 7 nitrogen and oxygen atoms in total. The number of carbonyl (C=O) groups excluding carboxylic acids is 1. The molecule has 1 aromatic heterocycles. The summed E-state index contributed by atoms with van der Waals surface area (Å²) in [7, 11) is -3.80. The van der Waals surface area contributed by atoms with Gasteiger partial charge < -0.3 is 9.88 Å². The van der Waals surface area contributed by atoms with Gasteiger partial charge in [0.1, 0.15) is 6.54 Å². The highest BCUT2D eigenvalue weighted by molar-refractivity contribution is 7.89. The lowest BCUT2D eigenvalue weighted by Gasteiger charge is -2.07. The number of anilines is 1. The predicted molar refractivity (Wildman–Crippen MR) is 81.9 cm³/mol. The summed E-state index contributed by atoms with van der Waals surface area (Å²) in [4.78, 5) is 12.0. The summed E-state index contributed by atoms with van der Waals surface area (Å²) in [6.45, 7) is -0.0120. The van der Waals surface area contributed by atoms with E-state index in [4.69, 9.17) is 10.5 Å². The van der Waals surface area contributed by atoms with Gasteiger partial charge in [-0.15, -0.1) is 23.7 Å². The molecular weight excluding hydrogens is 336 g/mol. The number of hydrogen-bond acceptors (Lipinski definition) is 5. The van der Waals surface area contributed by atoms with Crippen molar-refractivity contribution in [1.29, 1.82) is 5.41 Å². The van der Waals surface area contributed by atoms with Gasteiger partial charge in [-0.2, -0.15) is 0 Å². The first kappa shape index (κ1) is 17.4. The van der Waals surface area contributed by atoms with Crippen molar-refractivity contribution in [3.63, 3.8) is 0 Å². The highest BCUT2D eigenvalue weighted by Gasteiger charge is 2.10. The molecule has 10 heteroatoms. The number of nitrogens with one attached hydrogen (secondary N) is 2. The maximum atomic E-state index is 11.8. The van der Waals surface area contributed by atoms with Gasteiger partial charge in [0.15, 0.2) is 4.80 Å². The third-order valence-corrected chi connectivity index (χ3v) is 4.07. The first-order valence-electron chi connectivity index (χ1n) is 5.47. The molecule has 0 fully saturated rings. The van der Waals surface area contributed by atoms with Crippen LogP contribution in [0.1, 0.15) is 0 Å². The molecular formula is C11H13ClN4O3S2. The molecule has 2 aromatic rings. The Morgan fingerprint density at radius 3 is 2.71 bits per heavy atom. The summed E-state index contributed by atoms with van der Waals surface area (Å²) in [5, 5.41) is 16.8. The van der Waals surface area contributed by atoms with Crippen molar-refractivity contribution < 1.29 is 13.2 Å². The van der Waals surface area contributed by atoms with Crippen molar-refractivity contribution in [2.45, 2.75) is 11.4 Å². The number of carbonyl (C=O) groups is 1. The minimum absolute atomic E-state index is 0. The topological polar surface area (TPSA) is 118 Å². The van der Waals surface area contributed by atoms with Gasteiger partial charge in [-0.25, -0.2) is 13.6 Å².